The first-order valence-corrected chi connectivity index (χ1v) is 2.10. The van der Waals surface area contributed by atoms with E-state index in [1.807, 2.05) is 18.5 Å². The molecule has 1 heterocycles. The van der Waals surface area contributed by atoms with Gasteiger partial charge in [0.2, 0.25) is 6.20 Å². The van der Waals surface area contributed by atoms with E-state index in [1.165, 1.54) is 0 Å². The fraction of sp³-hybridized carbons (Fsp3) is 0. The standard InChI is InChI=1S/C5H6N2/c1-2-7-5-3-4-6-7/h2-5H,1H2/p+1. The van der Waals surface area contributed by atoms with Crippen LogP contribution in [0, 0.1) is 0 Å². The fourth-order valence-corrected chi connectivity index (χ4v) is 0.421. The molecule has 0 saturated heterocycles. The summed E-state index contributed by atoms with van der Waals surface area (Å²) in [5, 5.41) is 2.89. The molecule has 1 aromatic rings. The monoisotopic (exact) mass is 95.1 g/mol. The van der Waals surface area contributed by atoms with Gasteiger partial charge in [-0.3, -0.25) is 0 Å². The third-order valence-corrected chi connectivity index (χ3v) is 0.763. The van der Waals surface area contributed by atoms with E-state index < -0.39 is 0 Å². The predicted molar refractivity (Wildman–Crippen MR) is 27.4 cm³/mol. The Bertz CT molecular complexity index is 141. The van der Waals surface area contributed by atoms with Gasteiger partial charge in [-0.2, -0.15) is 5.10 Å². The van der Waals surface area contributed by atoms with Crippen molar-refractivity contribution in [2.45, 2.75) is 0 Å². The Balaban J connectivity index is 2.96. The molecule has 1 rings (SSSR count). The maximum absolute atomic E-state index is 3.53. The molecule has 0 radical (unpaired) electrons. The zero-order valence-corrected chi connectivity index (χ0v) is 3.96. The molecule has 2 nitrogen and oxygen atoms in total. The van der Waals surface area contributed by atoms with E-state index in [2.05, 4.69) is 11.7 Å². The zero-order chi connectivity index (χ0) is 5.11. The number of hydrogen-bond acceptors (Lipinski definition) is 0. The van der Waals surface area contributed by atoms with Gasteiger partial charge in [0.1, 0.15) is 0 Å². The van der Waals surface area contributed by atoms with Gasteiger partial charge in [0.25, 0.3) is 0 Å². The van der Waals surface area contributed by atoms with Crippen molar-refractivity contribution in [2.75, 3.05) is 0 Å². The molecular formula is C5H7N2+. The summed E-state index contributed by atoms with van der Waals surface area (Å²) in [6.45, 7) is 3.53. The number of nitrogens with zero attached hydrogens (tertiary/aromatic N) is 1. The topological polar surface area (TPSA) is 19.7 Å². The van der Waals surface area contributed by atoms with Crippen LogP contribution in [0.5, 0.6) is 0 Å². The highest BCUT2D eigenvalue weighted by molar-refractivity contribution is 4.93. The highest BCUT2D eigenvalue weighted by atomic mass is 15.2. The first kappa shape index (κ1) is 4.12. The molecule has 0 amide bonds. The van der Waals surface area contributed by atoms with Gasteiger partial charge < -0.3 is 0 Å². The van der Waals surface area contributed by atoms with Crippen LogP contribution >= 0.6 is 0 Å². The molecule has 1 aromatic heterocycles. The number of nitrogens with one attached hydrogen (secondary N) is 1. The molecule has 1 N–H and O–H groups in total. The summed E-state index contributed by atoms with van der Waals surface area (Å²) in [7, 11) is 0. The van der Waals surface area contributed by atoms with Crippen LogP contribution in [0.4, 0.5) is 0 Å². The summed E-state index contributed by atoms with van der Waals surface area (Å²) in [6, 6.07) is 1.90. The summed E-state index contributed by atoms with van der Waals surface area (Å²) in [6.07, 6.45) is 5.41. The Labute approximate surface area is 42.1 Å². The molecule has 36 valence electrons. The van der Waals surface area contributed by atoms with E-state index in [9.17, 15) is 0 Å². The smallest absolute Gasteiger partial charge is 0.168 e. The van der Waals surface area contributed by atoms with Crippen LogP contribution in [0.2, 0.25) is 0 Å². The SMILES string of the molecule is C=C[n+]1ccc[nH]1. The van der Waals surface area contributed by atoms with Crippen LogP contribution in [0.3, 0.4) is 0 Å². The highest BCUT2D eigenvalue weighted by Gasteiger charge is 1.84. The van der Waals surface area contributed by atoms with Crippen LogP contribution in [0.15, 0.2) is 25.0 Å². The van der Waals surface area contributed by atoms with Crippen LogP contribution < -0.4 is 4.68 Å². The highest BCUT2D eigenvalue weighted by Crippen LogP contribution is 1.66. The summed E-state index contributed by atoms with van der Waals surface area (Å²) < 4.78 is 1.76. The lowest BCUT2D eigenvalue weighted by molar-refractivity contribution is -0.629. The Hall–Kier alpha value is -1.05. The number of hydrogen-bond donors (Lipinski definition) is 1. The molecule has 0 spiro atoms. The normalized spacial score (nSPS) is 8.57. The van der Waals surface area contributed by atoms with E-state index >= 15 is 0 Å². The predicted octanol–water partition coefficient (Wildman–Crippen LogP) is 0.403. The van der Waals surface area contributed by atoms with Gasteiger partial charge in [0.05, 0.1) is 6.20 Å². The van der Waals surface area contributed by atoms with Crippen molar-refractivity contribution < 1.29 is 4.68 Å². The maximum Gasteiger partial charge on any atom is 0.201 e. The lowest BCUT2D eigenvalue weighted by Crippen LogP contribution is -2.25. The molecule has 0 aromatic carbocycles. The van der Waals surface area contributed by atoms with E-state index in [0.717, 1.165) is 0 Å². The second kappa shape index (κ2) is 1.60. The molecule has 0 atom stereocenters. The lowest BCUT2D eigenvalue weighted by atomic mass is 10.7. The number of aromatic nitrogens is 2. The minimum absolute atomic E-state index is 1.69. The fourth-order valence-electron chi connectivity index (χ4n) is 0.421. The molecule has 0 aliphatic rings. The van der Waals surface area contributed by atoms with Crippen molar-refractivity contribution in [3.63, 3.8) is 0 Å². The molecule has 2 heteroatoms. The van der Waals surface area contributed by atoms with Gasteiger partial charge >= 0.3 is 0 Å². The van der Waals surface area contributed by atoms with Crippen LogP contribution in [0.25, 0.3) is 6.20 Å². The van der Waals surface area contributed by atoms with Gasteiger partial charge in [-0.1, -0.05) is 4.68 Å². The van der Waals surface area contributed by atoms with E-state index in [4.69, 9.17) is 0 Å². The zero-order valence-electron chi connectivity index (χ0n) is 3.96. The Kier molecular flexibility index (Phi) is 0.941. The van der Waals surface area contributed by atoms with Gasteiger partial charge in [0.15, 0.2) is 6.20 Å². The second-order valence-electron chi connectivity index (χ2n) is 1.23. The van der Waals surface area contributed by atoms with Crippen molar-refractivity contribution >= 4 is 6.20 Å². The first-order chi connectivity index (χ1) is 3.43. The van der Waals surface area contributed by atoms with E-state index in [0.29, 0.717) is 0 Å². The van der Waals surface area contributed by atoms with Crippen molar-refractivity contribution in [1.82, 2.24) is 5.10 Å². The minimum Gasteiger partial charge on any atom is -0.168 e. The van der Waals surface area contributed by atoms with Gasteiger partial charge in [-0.25, -0.2) is 0 Å². The largest absolute Gasteiger partial charge is 0.201 e. The van der Waals surface area contributed by atoms with Crippen LogP contribution in [-0.4, -0.2) is 5.10 Å². The Morgan fingerprint density at radius 2 is 2.57 bits per heavy atom. The van der Waals surface area contributed by atoms with E-state index in [1.54, 1.807) is 10.9 Å². The van der Waals surface area contributed by atoms with Crippen LogP contribution in [0.1, 0.15) is 0 Å². The third kappa shape index (κ3) is 0.682. The van der Waals surface area contributed by atoms with Crippen molar-refractivity contribution in [3.8, 4) is 0 Å². The van der Waals surface area contributed by atoms with Crippen molar-refractivity contribution in [3.05, 3.63) is 25.0 Å². The second-order valence-corrected chi connectivity index (χ2v) is 1.23. The number of H-pyrrole nitrogens is 1. The number of rotatable bonds is 1. The van der Waals surface area contributed by atoms with Gasteiger partial charge in [-0.15, -0.1) is 0 Å². The summed E-state index contributed by atoms with van der Waals surface area (Å²) in [4.78, 5) is 0. The van der Waals surface area contributed by atoms with Gasteiger partial charge in [0, 0.05) is 6.07 Å². The molecular weight excluding hydrogens is 88.1 g/mol. The molecule has 0 bridgehead atoms. The molecule has 0 unspecified atom stereocenters. The Morgan fingerprint density at radius 1 is 1.71 bits per heavy atom. The lowest BCUT2D eigenvalue weighted by Gasteiger charge is -1.68. The van der Waals surface area contributed by atoms with Gasteiger partial charge in [-0.05, 0) is 6.58 Å². The average molecular weight is 95.1 g/mol. The molecule has 0 fully saturated rings. The number of aromatic amines is 1. The molecule has 7 heavy (non-hydrogen) atoms. The summed E-state index contributed by atoms with van der Waals surface area (Å²) in [5.74, 6) is 0. The van der Waals surface area contributed by atoms with E-state index in [-0.39, 0.29) is 0 Å². The van der Waals surface area contributed by atoms with Crippen LogP contribution in [-0.2, 0) is 0 Å². The molecule has 0 aliphatic carbocycles. The van der Waals surface area contributed by atoms with Crippen molar-refractivity contribution in [1.29, 1.82) is 0 Å². The summed E-state index contributed by atoms with van der Waals surface area (Å²) >= 11 is 0. The first-order valence-electron chi connectivity index (χ1n) is 2.10. The maximum atomic E-state index is 3.53. The Morgan fingerprint density at radius 3 is 2.86 bits per heavy atom. The molecule has 0 aliphatic heterocycles. The quantitative estimate of drug-likeness (QED) is 0.487. The van der Waals surface area contributed by atoms with Crippen molar-refractivity contribution in [2.24, 2.45) is 0 Å². The molecule has 0 saturated carbocycles. The third-order valence-electron chi connectivity index (χ3n) is 0.763. The average Bonchev–Trinajstić information content (AvgIpc) is 2.14. The minimum atomic E-state index is 1.69. The summed E-state index contributed by atoms with van der Waals surface area (Å²) in [5.41, 5.74) is 0.